The molecular formula is C7H8O4. The Morgan fingerprint density at radius 2 is 2.00 bits per heavy atom. The maximum Gasteiger partial charge on any atom is 0.333 e. The molecule has 4 heteroatoms. The topological polar surface area (TPSA) is 74.6 Å². The Labute approximate surface area is 63.5 Å². The van der Waals surface area contributed by atoms with Crippen molar-refractivity contribution >= 4 is 12.3 Å². The molecule has 0 aliphatic heterocycles. The Morgan fingerprint density at radius 1 is 1.36 bits per heavy atom. The number of rotatable bonds is 4. The van der Waals surface area contributed by atoms with E-state index < -0.39 is 12.6 Å². The van der Waals surface area contributed by atoms with Gasteiger partial charge in [-0.15, -0.1) is 0 Å². The zero-order chi connectivity index (χ0) is 8.69. The van der Waals surface area contributed by atoms with Gasteiger partial charge in [0.25, 0.3) is 0 Å². The summed E-state index contributed by atoms with van der Waals surface area (Å²) in [5, 5.41) is 16.7. The van der Waals surface area contributed by atoms with Crippen molar-refractivity contribution in [3.05, 3.63) is 23.8 Å². The number of carbonyl (C=O) groups is 2. The smallest absolute Gasteiger partial charge is 0.333 e. The molecule has 0 aromatic carbocycles. The summed E-state index contributed by atoms with van der Waals surface area (Å²) in [6, 6.07) is 0. The minimum atomic E-state index is -1.19. The van der Waals surface area contributed by atoms with Crippen LogP contribution in [0.3, 0.4) is 0 Å². The minimum Gasteiger partial charge on any atom is -0.478 e. The Hall–Kier alpha value is -1.42. The first-order valence-electron chi connectivity index (χ1n) is 2.87. The third-order valence-electron chi connectivity index (χ3n) is 0.932. The molecule has 11 heavy (non-hydrogen) atoms. The highest BCUT2D eigenvalue weighted by atomic mass is 16.4. The maximum atomic E-state index is 10.2. The van der Waals surface area contributed by atoms with E-state index in [0.717, 1.165) is 12.2 Å². The number of carboxylic acid groups (broad SMARTS) is 1. The average Bonchev–Trinajstić information content (AvgIpc) is 1.97. The second-order valence-corrected chi connectivity index (χ2v) is 1.68. The number of carboxylic acids is 1. The van der Waals surface area contributed by atoms with Crippen LogP contribution in [-0.2, 0) is 9.59 Å². The van der Waals surface area contributed by atoms with Crippen LogP contribution in [0.25, 0.3) is 0 Å². The van der Waals surface area contributed by atoms with Crippen LogP contribution in [0.1, 0.15) is 0 Å². The molecule has 0 aliphatic rings. The van der Waals surface area contributed by atoms with Crippen LogP contribution in [0.2, 0.25) is 0 Å². The van der Waals surface area contributed by atoms with Crippen molar-refractivity contribution in [2.75, 3.05) is 6.61 Å². The van der Waals surface area contributed by atoms with E-state index in [9.17, 15) is 9.59 Å². The van der Waals surface area contributed by atoms with E-state index in [-0.39, 0.29) is 5.57 Å². The third kappa shape index (κ3) is 4.05. The first kappa shape index (κ1) is 9.58. The van der Waals surface area contributed by atoms with Gasteiger partial charge in [0.2, 0.25) is 0 Å². The summed E-state index contributed by atoms with van der Waals surface area (Å²) in [6.07, 6.45) is 4.08. The van der Waals surface area contributed by atoms with Crippen LogP contribution in [0.15, 0.2) is 23.8 Å². The predicted octanol–water partition coefficient (Wildman–Crippen LogP) is -0.255. The van der Waals surface area contributed by atoms with E-state index in [2.05, 4.69) is 0 Å². The summed E-state index contributed by atoms with van der Waals surface area (Å²) < 4.78 is 0. The van der Waals surface area contributed by atoms with Gasteiger partial charge in [0.05, 0.1) is 12.2 Å². The summed E-state index contributed by atoms with van der Waals surface area (Å²) in [6.45, 7) is -0.543. The van der Waals surface area contributed by atoms with Crippen molar-refractivity contribution in [2.45, 2.75) is 0 Å². The van der Waals surface area contributed by atoms with E-state index >= 15 is 0 Å². The van der Waals surface area contributed by atoms with Crippen LogP contribution in [0.4, 0.5) is 0 Å². The molecule has 2 N–H and O–H groups in total. The molecule has 0 spiro atoms. The van der Waals surface area contributed by atoms with Crippen LogP contribution < -0.4 is 0 Å². The molecule has 0 aromatic rings. The van der Waals surface area contributed by atoms with Gasteiger partial charge in [-0.1, -0.05) is 6.08 Å². The highest BCUT2D eigenvalue weighted by molar-refractivity contribution is 5.87. The van der Waals surface area contributed by atoms with E-state index in [0.29, 0.717) is 6.29 Å². The molecule has 0 unspecified atom stereocenters. The number of hydrogen-bond acceptors (Lipinski definition) is 3. The molecule has 0 aliphatic carbocycles. The summed E-state index contributed by atoms with van der Waals surface area (Å²) >= 11 is 0. The SMILES string of the molecule is O=CC=CC=C(CO)C(=O)O. The molecule has 0 amide bonds. The molecular weight excluding hydrogens is 148 g/mol. The number of hydrogen-bond donors (Lipinski definition) is 2. The number of allylic oxidation sites excluding steroid dienone is 3. The van der Waals surface area contributed by atoms with E-state index in [1.165, 1.54) is 6.08 Å². The molecule has 0 fully saturated rings. The van der Waals surface area contributed by atoms with Crippen molar-refractivity contribution in [1.82, 2.24) is 0 Å². The lowest BCUT2D eigenvalue weighted by atomic mass is 10.2. The highest BCUT2D eigenvalue weighted by Crippen LogP contribution is 1.92. The van der Waals surface area contributed by atoms with Gasteiger partial charge < -0.3 is 10.2 Å². The summed E-state index contributed by atoms with van der Waals surface area (Å²) in [4.78, 5) is 19.9. The number of carbonyl (C=O) groups excluding carboxylic acids is 1. The van der Waals surface area contributed by atoms with Crippen LogP contribution in [0.5, 0.6) is 0 Å². The van der Waals surface area contributed by atoms with Crippen molar-refractivity contribution in [2.24, 2.45) is 0 Å². The molecule has 4 nitrogen and oxygen atoms in total. The fourth-order valence-corrected chi connectivity index (χ4v) is 0.409. The van der Waals surface area contributed by atoms with E-state index in [1.807, 2.05) is 0 Å². The number of aliphatic carboxylic acids is 1. The van der Waals surface area contributed by atoms with E-state index in [4.69, 9.17) is 10.2 Å². The molecule has 0 aromatic heterocycles. The number of aliphatic hydroxyl groups is 1. The summed E-state index contributed by atoms with van der Waals surface area (Å²) in [5.41, 5.74) is -0.150. The molecule has 0 bridgehead atoms. The van der Waals surface area contributed by atoms with Crippen molar-refractivity contribution < 1.29 is 19.8 Å². The third-order valence-corrected chi connectivity index (χ3v) is 0.932. The fraction of sp³-hybridized carbons (Fsp3) is 0.143. The Bertz CT molecular complexity index is 202. The number of aliphatic hydroxyl groups excluding tert-OH is 1. The second-order valence-electron chi connectivity index (χ2n) is 1.68. The van der Waals surface area contributed by atoms with Gasteiger partial charge in [-0.05, 0) is 12.2 Å². The lowest BCUT2D eigenvalue weighted by Gasteiger charge is -1.91. The molecule has 0 rings (SSSR count). The quantitative estimate of drug-likeness (QED) is 0.334. The van der Waals surface area contributed by atoms with Crippen molar-refractivity contribution in [3.63, 3.8) is 0 Å². The second kappa shape index (κ2) is 5.37. The molecule has 0 atom stereocenters. The van der Waals surface area contributed by atoms with Crippen LogP contribution in [-0.4, -0.2) is 29.1 Å². The van der Waals surface area contributed by atoms with Gasteiger partial charge in [0, 0.05) is 0 Å². The molecule has 60 valence electrons. The van der Waals surface area contributed by atoms with E-state index in [1.54, 1.807) is 0 Å². The fourth-order valence-electron chi connectivity index (χ4n) is 0.409. The number of aldehydes is 1. The zero-order valence-corrected chi connectivity index (χ0v) is 5.73. The predicted molar refractivity (Wildman–Crippen MR) is 38.0 cm³/mol. The molecule has 0 saturated heterocycles. The normalized spacial score (nSPS) is 11.9. The Kier molecular flexibility index (Phi) is 4.68. The van der Waals surface area contributed by atoms with Crippen LogP contribution >= 0.6 is 0 Å². The van der Waals surface area contributed by atoms with Crippen molar-refractivity contribution in [1.29, 1.82) is 0 Å². The molecule has 0 radical (unpaired) electrons. The molecule has 0 heterocycles. The maximum absolute atomic E-state index is 10.2. The largest absolute Gasteiger partial charge is 0.478 e. The lowest BCUT2D eigenvalue weighted by molar-refractivity contribution is -0.133. The van der Waals surface area contributed by atoms with Crippen molar-refractivity contribution in [3.8, 4) is 0 Å². The zero-order valence-electron chi connectivity index (χ0n) is 5.73. The van der Waals surface area contributed by atoms with Gasteiger partial charge in [0.15, 0.2) is 0 Å². The van der Waals surface area contributed by atoms with Gasteiger partial charge in [-0.3, -0.25) is 4.79 Å². The standard InChI is InChI=1S/C7H8O4/c8-4-2-1-3-6(5-9)7(10)11/h1-4,9H,5H2,(H,10,11). The molecule has 0 saturated carbocycles. The lowest BCUT2D eigenvalue weighted by Crippen LogP contribution is -2.03. The first-order valence-corrected chi connectivity index (χ1v) is 2.87. The monoisotopic (exact) mass is 156 g/mol. The van der Waals surface area contributed by atoms with Gasteiger partial charge in [0.1, 0.15) is 6.29 Å². The van der Waals surface area contributed by atoms with Gasteiger partial charge in [-0.25, -0.2) is 4.79 Å². The Balaban J connectivity index is 4.23. The first-order chi connectivity index (χ1) is 5.22. The van der Waals surface area contributed by atoms with Gasteiger partial charge in [-0.2, -0.15) is 0 Å². The minimum absolute atomic E-state index is 0.150. The average molecular weight is 156 g/mol. The highest BCUT2D eigenvalue weighted by Gasteiger charge is 2.01. The Morgan fingerprint density at radius 3 is 2.36 bits per heavy atom. The summed E-state index contributed by atoms with van der Waals surface area (Å²) in [5.74, 6) is -1.19. The summed E-state index contributed by atoms with van der Waals surface area (Å²) in [7, 11) is 0. The van der Waals surface area contributed by atoms with Gasteiger partial charge >= 0.3 is 5.97 Å². The van der Waals surface area contributed by atoms with Crippen LogP contribution in [0, 0.1) is 0 Å².